The number of hydrogen-bond acceptors (Lipinski definition) is 1. The molecular weight excluding hydrogens is 208 g/mol. The van der Waals surface area contributed by atoms with Crippen LogP contribution in [-0.2, 0) is 0 Å². The SMILES string of the molecule is CC=C(C)C#CC1(O)C(C)CCC(C)C1(C)C. The van der Waals surface area contributed by atoms with Crippen LogP contribution in [0.25, 0.3) is 0 Å². The zero-order valence-corrected chi connectivity index (χ0v) is 12.1. The molecule has 1 saturated carbocycles. The second-order valence-corrected chi connectivity index (χ2v) is 6.09. The molecule has 3 unspecified atom stereocenters. The van der Waals surface area contributed by atoms with Crippen LogP contribution in [0, 0.1) is 29.1 Å². The molecular formula is C16H26O. The Balaban J connectivity index is 3.15. The lowest BCUT2D eigenvalue weighted by Crippen LogP contribution is -2.55. The molecule has 1 nitrogen and oxygen atoms in total. The van der Waals surface area contributed by atoms with Crippen LogP contribution >= 0.6 is 0 Å². The summed E-state index contributed by atoms with van der Waals surface area (Å²) in [5, 5.41) is 11.0. The van der Waals surface area contributed by atoms with E-state index in [1.54, 1.807) is 0 Å². The zero-order valence-electron chi connectivity index (χ0n) is 12.1. The van der Waals surface area contributed by atoms with Gasteiger partial charge in [0, 0.05) is 5.41 Å². The number of aliphatic hydroxyl groups is 1. The summed E-state index contributed by atoms with van der Waals surface area (Å²) < 4.78 is 0. The van der Waals surface area contributed by atoms with Crippen LogP contribution < -0.4 is 0 Å². The third kappa shape index (κ3) is 2.43. The van der Waals surface area contributed by atoms with Gasteiger partial charge in [0.15, 0.2) is 0 Å². The molecule has 0 aromatic heterocycles. The Morgan fingerprint density at radius 3 is 2.29 bits per heavy atom. The fourth-order valence-corrected chi connectivity index (χ4v) is 2.63. The van der Waals surface area contributed by atoms with E-state index in [0.29, 0.717) is 5.92 Å². The Morgan fingerprint density at radius 1 is 1.24 bits per heavy atom. The van der Waals surface area contributed by atoms with Crippen LogP contribution in [0.5, 0.6) is 0 Å². The van der Waals surface area contributed by atoms with Gasteiger partial charge in [0.05, 0.1) is 0 Å². The molecule has 0 spiro atoms. The lowest BCUT2D eigenvalue weighted by atomic mass is 9.56. The molecule has 0 amide bonds. The summed E-state index contributed by atoms with van der Waals surface area (Å²) in [5.41, 5.74) is 0.0142. The van der Waals surface area contributed by atoms with E-state index in [2.05, 4.69) is 39.5 Å². The zero-order chi connectivity index (χ0) is 13.3. The predicted octanol–water partition coefficient (Wildman–Crippen LogP) is 3.78. The largest absolute Gasteiger partial charge is 0.377 e. The summed E-state index contributed by atoms with van der Waals surface area (Å²) in [5.74, 6) is 7.01. The molecule has 0 saturated heterocycles. The van der Waals surface area contributed by atoms with Crippen molar-refractivity contribution < 1.29 is 5.11 Å². The van der Waals surface area contributed by atoms with Crippen LogP contribution in [0.2, 0.25) is 0 Å². The molecule has 0 heterocycles. The van der Waals surface area contributed by atoms with Crippen molar-refractivity contribution >= 4 is 0 Å². The van der Waals surface area contributed by atoms with Crippen LogP contribution in [0.15, 0.2) is 11.6 Å². The highest BCUT2D eigenvalue weighted by Crippen LogP contribution is 2.50. The van der Waals surface area contributed by atoms with E-state index in [0.717, 1.165) is 12.0 Å². The highest BCUT2D eigenvalue weighted by Gasteiger charge is 2.52. The topological polar surface area (TPSA) is 20.2 Å². The Labute approximate surface area is 106 Å². The third-order valence-electron chi connectivity index (χ3n) is 4.84. The summed E-state index contributed by atoms with van der Waals surface area (Å²) in [7, 11) is 0. The first-order chi connectivity index (χ1) is 7.75. The van der Waals surface area contributed by atoms with Crippen LogP contribution in [-0.4, -0.2) is 10.7 Å². The van der Waals surface area contributed by atoms with E-state index < -0.39 is 5.60 Å². The van der Waals surface area contributed by atoms with Crippen LogP contribution in [0.1, 0.15) is 54.4 Å². The van der Waals surface area contributed by atoms with Gasteiger partial charge in [-0.2, -0.15) is 0 Å². The standard InChI is InChI=1S/C16H26O/c1-7-12(2)10-11-16(17)14(4)9-8-13(3)15(16,5)6/h7,13-14,17H,8-9H2,1-6H3. The third-order valence-corrected chi connectivity index (χ3v) is 4.84. The molecule has 1 rings (SSSR count). The first-order valence-corrected chi connectivity index (χ1v) is 6.64. The van der Waals surface area contributed by atoms with Gasteiger partial charge in [-0.3, -0.25) is 0 Å². The van der Waals surface area contributed by atoms with Gasteiger partial charge < -0.3 is 5.11 Å². The van der Waals surface area contributed by atoms with Crippen LogP contribution in [0.3, 0.4) is 0 Å². The minimum absolute atomic E-state index is 0.147. The maximum atomic E-state index is 11.0. The van der Waals surface area contributed by atoms with Gasteiger partial charge >= 0.3 is 0 Å². The molecule has 1 heteroatoms. The molecule has 96 valence electrons. The first kappa shape index (κ1) is 14.3. The summed E-state index contributed by atoms with van der Waals surface area (Å²) in [6.07, 6.45) is 4.23. The average molecular weight is 234 g/mol. The van der Waals surface area contributed by atoms with Crippen molar-refractivity contribution in [3.8, 4) is 11.8 Å². The van der Waals surface area contributed by atoms with Gasteiger partial charge in [0.1, 0.15) is 5.60 Å². The maximum Gasteiger partial charge on any atom is 0.133 e. The maximum absolute atomic E-state index is 11.0. The van der Waals surface area contributed by atoms with Gasteiger partial charge in [0.25, 0.3) is 0 Å². The molecule has 0 aromatic carbocycles. The van der Waals surface area contributed by atoms with E-state index >= 15 is 0 Å². The van der Waals surface area contributed by atoms with Crippen molar-refractivity contribution in [2.45, 2.75) is 60.0 Å². The summed E-state index contributed by atoms with van der Waals surface area (Å²) >= 11 is 0. The molecule has 17 heavy (non-hydrogen) atoms. The van der Waals surface area contributed by atoms with Crippen LogP contribution in [0.4, 0.5) is 0 Å². The van der Waals surface area contributed by atoms with E-state index in [-0.39, 0.29) is 11.3 Å². The first-order valence-electron chi connectivity index (χ1n) is 6.64. The Kier molecular flexibility index (Phi) is 4.10. The second kappa shape index (κ2) is 4.86. The van der Waals surface area contributed by atoms with Crippen molar-refractivity contribution in [3.05, 3.63) is 11.6 Å². The summed E-state index contributed by atoms with van der Waals surface area (Å²) in [6, 6.07) is 0. The van der Waals surface area contributed by atoms with Gasteiger partial charge in [-0.15, -0.1) is 0 Å². The van der Waals surface area contributed by atoms with Crippen molar-refractivity contribution in [3.63, 3.8) is 0 Å². The molecule has 1 aliphatic rings. The summed E-state index contributed by atoms with van der Waals surface area (Å²) in [6.45, 7) is 12.6. The molecule has 3 atom stereocenters. The fourth-order valence-electron chi connectivity index (χ4n) is 2.63. The predicted molar refractivity (Wildman–Crippen MR) is 73.5 cm³/mol. The van der Waals surface area contributed by atoms with Crippen molar-refractivity contribution in [2.24, 2.45) is 17.3 Å². The molecule has 0 radical (unpaired) electrons. The fraction of sp³-hybridized carbons (Fsp3) is 0.750. The molecule has 1 aliphatic carbocycles. The second-order valence-electron chi connectivity index (χ2n) is 6.09. The van der Waals surface area contributed by atoms with Gasteiger partial charge in [-0.05, 0) is 44.1 Å². The van der Waals surface area contributed by atoms with Gasteiger partial charge in [-0.1, -0.05) is 45.6 Å². The lowest BCUT2D eigenvalue weighted by Gasteiger charge is -2.51. The highest BCUT2D eigenvalue weighted by molar-refractivity contribution is 5.32. The van der Waals surface area contributed by atoms with Gasteiger partial charge in [-0.25, -0.2) is 0 Å². The lowest BCUT2D eigenvalue weighted by molar-refractivity contribution is -0.113. The minimum Gasteiger partial charge on any atom is -0.377 e. The van der Waals surface area contributed by atoms with E-state index in [1.807, 2.05) is 19.9 Å². The van der Waals surface area contributed by atoms with E-state index in [1.165, 1.54) is 6.42 Å². The van der Waals surface area contributed by atoms with E-state index in [9.17, 15) is 5.11 Å². The smallest absolute Gasteiger partial charge is 0.133 e. The number of hydrogen-bond donors (Lipinski definition) is 1. The molecule has 0 aromatic rings. The molecule has 1 fully saturated rings. The normalized spacial score (nSPS) is 37.2. The Morgan fingerprint density at radius 2 is 1.76 bits per heavy atom. The average Bonchev–Trinajstić information content (AvgIpc) is 2.29. The monoisotopic (exact) mass is 234 g/mol. The Hall–Kier alpha value is -0.740. The number of allylic oxidation sites excluding steroid dienone is 2. The van der Waals surface area contributed by atoms with Gasteiger partial charge in [0.2, 0.25) is 0 Å². The molecule has 0 bridgehead atoms. The van der Waals surface area contributed by atoms with Crippen molar-refractivity contribution in [1.82, 2.24) is 0 Å². The van der Waals surface area contributed by atoms with Crippen molar-refractivity contribution in [2.75, 3.05) is 0 Å². The summed E-state index contributed by atoms with van der Waals surface area (Å²) in [4.78, 5) is 0. The molecule has 0 aliphatic heterocycles. The quantitative estimate of drug-likeness (QED) is 0.632. The number of rotatable bonds is 0. The minimum atomic E-state index is -0.866. The molecule has 1 N–H and O–H groups in total. The Bertz CT molecular complexity index is 367. The highest BCUT2D eigenvalue weighted by atomic mass is 16.3. The van der Waals surface area contributed by atoms with Crippen molar-refractivity contribution in [1.29, 1.82) is 0 Å². The van der Waals surface area contributed by atoms with E-state index in [4.69, 9.17) is 0 Å².